The van der Waals surface area contributed by atoms with Crippen LogP contribution in [0.15, 0.2) is 71.8 Å². The lowest BCUT2D eigenvalue weighted by molar-refractivity contribution is -0.121. The molecule has 4 heteroatoms. The van der Waals surface area contributed by atoms with Crippen LogP contribution in [-0.2, 0) is 11.2 Å². The molecule has 0 aliphatic heterocycles. The highest BCUT2D eigenvalue weighted by Crippen LogP contribution is 2.27. The van der Waals surface area contributed by atoms with E-state index < -0.39 is 0 Å². The van der Waals surface area contributed by atoms with Gasteiger partial charge in [-0.1, -0.05) is 60.7 Å². The first-order chi connectivity index (χ1) is 11.7. The average molecular weight is 318 g/mol. The molecule has 0 spiro atoms. The minimum absolute atomic E-state index is 0.157. The fraction of sp³-hybridized carbons (Fsp3) is 0.100. The van der Waals surface area contributed by atoms with E-state index >= 15 is 0 Å². The van der Waals surface area contributed by atoms with Crippen molar-refractivity contribution in [3.8, 4) is 5.75 Å². The molecule has 0 heterocycles. The molecule has 0 aliphatic rings. The molecule has 3 aromatic carbocycles. The van der Waals surface area contributed by atoms with Crippen molar-refractivity contribution in [3.63, 3.8) is 0 Å². The maximum Gasteiger partial charge on any atom is 0.240 e. The molecule has 0 aromatic heterocycles. The average Bonchev–Trinajstić information content (AvgIpc) is 2.63. The fourth-order valence-corrected chi connectivity index (χ4v) is 2.51. The molecular formula is C20H18N2O2. The first-order valence-electron chi connectivity index (χ1n) is 7.80. The van der Waals surface area contributed by atoms with Crippen LogP contribution in [0.4, 0.5) is 0 Å². The number of phenolic OH excluding ortho intramolecular Hbond substituents is 1. The zero-order chi connectivity index (χ0) is 16.8. The molecule has 1 amide bonds. The quantitative estimate of drug-likeness (QED) is 0.557. The number of hydrogen-bond donors (Lipinski definition) is 2. The molecule has 2 N–H and O–H groups in total. The number of rotatable bonds is 5. The van der Waals surface area contributed by atoms with Gasteiger partial charge in [0.1, 0.15) is 5.75 Å². The second-order valence-electron chi connectivity index (χ2n) is 5.50. The van der Waals surface area contributed by atoms with Crippen molar-refractivity contribution < 1.29 is 9.90 Å². The van der Waals surface area contributed by atoms with Gasteiger partial charge in [0.2, 0.25) is 5.91 Å². The van der Waals surface area contributed by atoms with Gasteiger partial charge in [-0.2, -0.15) is 5.10 Å². The van der Waals surface area contributed by atoms with Gasteiger partial charge in [0, 0.05) is 17.4 Å². The van der Waals surface area contributed by atoms with Gasteiger partial charge in [0.05, 0.1) is 6.21 Å². The van der Waals surface area contributed by atoms with Gasteiger partial charge < -0.3 is 5.11 Å². The van der Waals surface area contributed by atoms with Crippen molar-refractivity contribution in [1.82, 2.24) is 5.43 Å². The smallest absolute Gasteiger partial charge is 0.240 e. The Balaban J connectivity index is 1.60. The number of nitrogens with zero attached hydrogens (tertiary/aromatic N) is 1. The number of fused-ring (bicyclic) bond motifs is 1. The predicted octanol–water partition coefficient (Wildman–Crippen LogP) is 3.63. The molecular weight excluding hydrogens is 300 g/mol. The van der Waals surface area contributed by atoms with E-state index in [1.165, 1.54) is 6.21 Å². The van der Waals surface area contributed by atoms with Crippen molar-refractivity contribution in [2.24, 2.45) is 5.10 Å². The Bertz CT molecular complexity index is 873. The van der Waals surface area contributed by atoms with Crippen LogP contribution in [0, 0.1) is 0 Å². The lowest BCUT2D eigenvalue weighted by Gasteiger charge is -2.04. The molecule has 3 rings (SSSR count). The van der Waals surface area contributed by atoms with E-state index in [9.17, 15) is 9.90 Å². The number of hydrazone groups is 1. The summed E-state index contributed by atoms with van der Waals surface area (Å²) < 4.78 is 0. The van der Waals surface area contributed by atoms with Crippen LogP contribution < -0.4 is 5.43 Å². The topological polar surface area (TPSA) is 61.7 Å². The number of carbonyl (C=O) groups excluding carboxylic acids is 1. The van der Waals surface area contributed by atoms with Gasteiger partial charge in [-0.25, -0.2) is 5.43 Å². The summed E-state index contributed by atoms with van der Waals surface area (Å²) in [7, 11) is 0. The largest absolute Gasteiger partial charge is 0.507 e. The number of hydrogen-bond acceptors (Lipinski definition) is 3. The van der Waals surface area contributed by atoms with Gasteiger partial charge in [0.15, 0.2) is 0 Å². The number of aromatic hydroxyl groups is 1. The third-order valence-electron chi connectivity index (χ3n) is 3.81. The highest BCUT2D eigenvalue weighted by Gasteiger charge is 2.04. The van der Waals surface area contributed by atoms with Crippen LogP contribution in [0.2, 0.25) is 0 Å². The van der Waals surface area contributed by atoms with Gasteiger partial charge in [0.25, 0.3) is 0 Å². The number of benzene rings is 3. The highest BCUT2D eigenvalue weighted by atomic mass is 16.3. The molecule has 0 radical (unpaired) electrons. The van der Waals surface area contributed by atoms with E-state index in [4.69, 9.17) is 0 Å². The van der Waals surface area contributed by atoms with Crippen molar-refractivity contribution in [2.45, 2.75) is 12.8 Å². The summed E-state index contributed by atoms with van der Waals surface area (Å²) in [5.41, 5.74) is 4.18. The number of nitrogens with one attached hydrogen (secondary N) is 1. The number of carbonyl (C=O) groups is 1. The second kappa shape index (κ2) is 7.42. The number of aryl methyl sites for hydroxylation is 1. The van der Waals surface area contributed by atoms with E-state index in [0.29, 0.717) is 18.4 Å². The van der Waals surface area contributed by atoms with Crippen LogP contribution >= 0.6 is 0 Å². The zero-order valence-electron chi connectivity index (χ0n) is 13.1. The molecule has 0 saturated heterocycles. The van der Waals surface area contributed by atoms with Gasteiger partial charge in [-0.15, -0.1) is 0 Å². The first kappa shape index (κ1) is 15.7. The molecule has 3 aromatic rings. The van der Waals surface area contributed by atoms with E-state index in [1.807, 2.05) is 60.7 Å². The second-order valence-corrected chi connectivity index (χ2v) is 5.50. The Morgan fingerprint density at radius 3 is 2.58 bits per heavy atom. The SMILES string of the molecule is O=C(CCc1ccccc1)N/N=C/c1ccc2ccccc2c1O. The summed E-state index contributed by atoms with van der Waals surface area (Å²) in [5, 5.41) is 15.9. The molecule has 4 nitrogen and oxygen atoms in total. The fourth-order valence-electron chi connectivity index (χ4n) is 2.51. The van der Waals surface area contributed by atoms with Gasteiger partial charge in [-0.3, -0.25) is 4.79 Å². The monoisotopic (exact) mass is 318 g/mol. The molecule has 0 fully saturated rings. The van der Waals surface area contributed by atoms with Crippen LogP contribution in [0.1, 0.15) is 17.5 Å². The van der Waals surface area contributed by atoms with Gasteiger partial charge in [-0.05, 0) is 23.4 Å². The minimum atomic E-state index is -0.157. The molecule has 24 heavy (non-hydrogen) atoms. The number of amides is 1. The molecule has 120 valence electrons. The number of phenols is 1. The van der Waals surface area contributed by atoms with Crippen molar-refractivity contribution in [1.29, 1.82) is 0 Å². The van der Waals surface area contributed by atoms with Crippen LogP contribution in [-0.4, -0.2) is 17.2 Å². The minimum Gasteiger partial charge on any atom is -0.507 e. The van der Waals surface area contributed by atoms with Crippen molar-refractivity contribution in [2.75, 3.05) is 0 Å². The summed E-state index contributed by atoms with van der Waals surface area (Å²) in [6.45, 7) is 0. The maximum absolute atomic E-state index is 11.8. The summed E-state index contributed by atoms with van der Waals surface area (Å²) in [6.07, 6.45) is 2.50. The summed E-state index contributed by atoms with van der Waals surface area (Å²) in [5.74, 6) is 0.00534. The molecule has 0 bridgehead atoms. The Morgan fingerprint density at radius 1 is 1.00 bits per heavy atom. The third-order valence-corrected chi connectivity index (χ3v) is 3.81. The van der Waals surface area contributed by atoms with Gasteiger partial charge >= 0.3 is 0 Å². The maximum atomic E-state index is 11.8. The third kappa shape index (κ3) is 3.79. The molecule has 0 unspecified atom stereocenters. The first-order valence-corrected chi connectivity index (χ1v) is 7.80. The van der Waals surface area contributed by atoms with Crippen LogP contribution in [0.5, 0.6) is 5.75 Å². The summed E-state index contributed by atoms with van der Waals surface area (Å²) >= 11 is 0. The Labute approximate surface area is 140 Å². The van der Waals surface area contributed by atoms with E-state index in [2.05, 4.69) is 10.5 Å². The van der Waals surface area contributed by atoms with Crippen LogP contribution in [0.3, 0.4) is 0 Å². The van der Waals surface area contributed by atoms with Crippen molar-refractivity contribution >= 4 is 22.9 Å². The predicted molar refractivity (Wildman–Crippen MR) is 96.1 cm³/mol. The molecule has 0 saturated carbocycles. The normalized spacial score (nSPS) is 11.0. The van der Waals surface area contributed by atoms with E-state index in [1.54, 1.807) is 6.07 Å². The van der Waals surface area contributed by atoms with Crippen LogP contribution in [0.25, 0.3) is 10.8 Å². The van der Waals surface area contributed by atoms with E-state index in [-0.39, 0.29) is 11.7 Å². The zero-order valence-corrected chi connectivity index (χ0v) is 13.1. The highest BCUT2D eigenvalue weighted by molar-refractivity contribution is 5.97. The van der Waals surface area contributed by atoms with E-state index in [0.717, 1.165) is 16.3 Å². The Morgan fingerprint density at radius 2 is 1.75 bits per heavy atom. The molecule has 0 atom stereocenters. The lowest BCUT2D eigenvalue weighted by atomic mass is 10.1. The summed E-state index contributed by atoms with van der Waals surface area (Å²) in [4.78, 5) is 11.8. The molecule has 0 aliphatic carbocycles. The lowest BCUT2D eigenvalue weighted by Crippen LogP contribution is -2.17. The summed E-state index contributed by atoms with van der Waals surface area (Å²) in [6, 6.07) is 21.1. The Kier molecular flexibility index (Phi) is 4.87. The van der Waals surface area contributed by atoms with Crippen molar-refractivity contribution in [3.05, 3.63) is 77.9 Å². The Hall–Kier alpha value is -3.14. The standard InChI is InChI=1S/C20H18N2O2/c23-19(13-10-15-6-2-1-3-7-15)22-21-14-17-12-11-16-8-4-5-9-18(16)20(17)24/h1-9,11-12,14,24H,10,13H2,(H,22,23)/b21-14+.